The van der Waals surface area contributed by atoms with Crippen LogP contribution in [0.4, 0.5) is 11.4 Å². The molecular weight excluding hydrogens is 306 g/mol. The number of ether oxygens (including phenoxy) is 2. The lowest BCUT2D eigenvalue weighted by atomic mass is 9.97. The zero-order valence-electron chi connectivity index (χ0n) is 13.7. The summed E-state index contributed by atoms with van der Waals surface area (Å²) in [6.07, 6.45) is 0. The highest BCUT2D eigenvalue weighted by molar-refractivity contribution is 5.85. The fourth-order valence-corrected chi connectivity index (χ4v) is 2.53. The van der Waals surface area contributed by atoms with Crippen molar-refractivity contribution < 1.29 is 9.47 Å². The van der Waals surface area contributed by atoms with Crippen molar-refractivity contribution in [2.24, 2.45) is 0 Å². The predicted octanol–water partition coefficient (Wildman–Crippen LogP) is 3.02. The van der Waals surface area contributed by atoms with Gasteiger partial charge in [0.1, 0.15) is 17.2 Å². The van der Waals surface area contributed by atoms with E-state index in [9.17, 15) is 9.59 Å². The van der Waals surface area contributed by atoms with Gasteiger partial charge in [-0.1, -0.05) is 29.8 Å². The number of aryl methyl sites for hydroxylation is 1. The normalized spacial score (nSPS) is 10.6. The minimum Gasteiger partial charge on any atom is -0.497 e. The van der Waals surface area contributed by atoms with Crippen LogP contribution in [0.2, 0.25) is 0 Å². The second-order valence-electron chi connectivity index (χ2n) is 5.50. The van der Waals surface area contributed by atoms with E-state index in [0.717, 1.165) is 11.1 Å². The molecule has 0 unspecified atom stereocenters. The molecule has 0 fully saturated rings. The van der Waals surface area contributed by atoms with Crippen molar-refractivity contribution in [3.8, 4) is 22.6 Å². The lowest BCUT2D eigenvalue weighted by Gasteiger charge is -2.15. The molecule has 0 saturated carbocycles. The van der Waals surface area contributed by atoms with E-state index < -0.39 is 10.9 Å². The maximum Gasteiger partial charge on any atom is 0.250 e. The molecule has 0 amide bonds. The molecule has 0 aliphatic heterocycles. The van der Waals surface area contributed by atoms with Crippen molar-refractivity contribution in [1.29, 1.82) is 0 Å². The molecule has 0 spiro atoms. The maximum atomic E-state index is 12.0. The Labute approximate surface area is 139 Å². The van der Waals surface area contributed by atoms with Crippen molar-refractivity contribution in [2.75, 3.05) is 19.5 Å². The van der Waals surface area contributed by atoms with Crippen LogP contribution < -0.4 is 25.6 Å². The van der Waals surface area contributed by atoms with Crippen LogP contribution in [0, 0.1) is 6.92 Å². The van der Waals surface area contributed by atoms with Crippen molar-refractivity contribution in [3.05, 3.63) is 68.5 Å². The monoisotopic (exact) mass is 323 g/mol. The largest absolute Gasteiger partial charge is 0.497 e. The third kappa shape index (κ3) is 2.76. The summed E-state index contributed by atoms with van der Waals surface area (Å²) in [5.74, 6) is 1.18. The van der Waals surface area contributed by atoms with E-state index in [-0.39, 0.29) is 0 Å². The third-order valence-electron chi connectivity index (χ3n) is 3.87. The molecule has 0 aliphatic carbocycles. The Balaban J connectivity index is 2.00. The van der Waals surface area contributed by atoms with Crippen LogP contribution >= 0.6 is 0 Å². The van der Waals surface area contributed by atoms with Crippen LogP contribution in [-0.2, 0) is 0 Å². The Kier molecular flexibility index (Phi) is 4.08. The van der Waals surface area contributed by atoms with E-state index in [1.165, 1.54) is 0 Å². The van der Waals surface area contributed by atoms with Gasteiger partial charge < -0.3 is 14.8 Å². The Morgan fingerprint density at radius 1 is 0.833 bits per heavy atom. The Morgan fingerprint density at radius 2 is 1.42 bits per heavy atom. The van der Waals surface area contributed by atoms with Gasteiger partial charge in [-0.2, -0.15) is 0 Å². The van der Waals surface area contributed by atoms with Gasteiger partial charge >= 0.3 is 0 Å². The van der Waals surface area contributed by atoms with E-state index in [2.05, 4.69) is 5.32 Å². The first-order valence-corrected chi connectivity index (χ1v) is 7.44. The molecule has 3 rings (SSSR count). The number of methoxy groups -OCH3 is 2. The topological polar surface area (TPSA) is 64.6 Å². The average Bonchev–Trinajstić information content (AvgIpc) is 2.62. The lowest BCUT2D eigenvalue weighted by molar-refractivity contribution is 0.395. The molecule has 0 atom stereocenters. The molecule has 3 aromatic rings. The zero-order chi connectivity index (χ0) is 17.3. The molecule has 0 saturated heterocycles. The fourth-order valence-electron chi connectivity index (χ4n) is 2.53. The summed E-state index contributed by atoms with van der Waals surface area (Å²) in [6.45, 7) is 1.97. The predicted molar refractivity (Wildman–Crippen MR) is 94.4 cm³/mol. The van der Waals surface area contributed by atoms with Gasteiger partial charge in [-0.25, -0.2) is 0 Å². The number of hydrogen-bond donors (Lipinski definition) is 1. The highest BCUT2D eigenvalue weighted by atomic mass is 16.5. The molecule has 5 heteroatoms. The van der Waals surface area contributed by atoms with Gasteiger partial charge in [-0.3, -0.25) is 9.59 Å². The molecule has 5 nitrogen and oxygen atoms in total. The summed E-state index contributed by atoms with van der Waals surface area (Å²) in [5.41, 5.74) is 2.13. The van der Waals surface area contributed by atoms with E-state index in [1.54, 1.807) is 32.4 Å². The van der Waals surface area contributed by atoms with Crippen LogP contribution in [0.15, 0.2) is 52.1 Å². The van der Waals surface area contributed by atoms with Gasteiger partial charge in [-0.15, -0.1) is 0 Å². The van der Waals surface area contributed by atoms with Crippen molar-refractivity contribution >= 4 is 11.4 Å². The van der Waals surface area contributed by atoms with Crippen molar-refractivity contribution in [2.45, 2.75) is 6.92 Å². The number of rotatable bonds is 5. The summed E-state index contributed by atoms with van der Waals surface area (Å²) in [6, 6.07) is 12.7. The molecule has 1 N–H and O–H groups in total. The smallest absolute Gasteiger partial charge is 0.250 e. The second kappa shape index (κ2) is 6.20. The lowest BCUT2D eigenvalue weighted by Crippen LogP contribution is -2.35. The molecule has 0 aromatic heterocycles. The summed E-state index contributed by atoms with van der Waals surface area (Å²) < 4.78 is 10.4. The van der Waals surface area contributed by atoms with Gasteiger partial charge in [0.05, 0.1) is 19.8 Å². The van der Waals surface area contributed by atoms with Crippen LogP contribution in [0.1, 0.15) is 5.56 Å². The minimum atomic E-state index is -0.521. The summed E-state index contributed by atoms with van der Waals surface area (Å²) >= 11 is 0. The standard InChI is InChI=1S/C19H17NO4/c1-11-4-6-12(7-5-11)16-17(19(22)18(16)21)20-13-8-14(23-2)10-15(9-13)24-3/h4-10,20H,1-3H3. The Morgan fingerprint density at radius 3 is 1.96 bits per heavy atom. The van der Waals surface area contributed by atoms with E-state index in [1.807, 2.05) is 31.2 Å². The van der Waals surface area contributed by atoms with Crippen LogP contribution in [-0.4, -0.2) is 14.2 Å². The fraction of sp³-hybridized carbons (Fsp3) is 0.158. The average molecular weight is 323 g/mol. The number of anilines is 2. The number of benzene rings is 2. The highest BCUT2D eigenvalue weighted by Crippen LogP contribution is 2.31. The van der Waals surface area contributed by atoms with E-state index in [0.29, 0.717) is 28.4 Å². The molecule has 24 heavy (non-hydrogen) atoms. The molecule has 0 bridgehead atoms. The first-order valence-electron chi connectivity index (χ1n) is 7.44. The van der Waals surface area contributed by atoms with Gasteiger partial charge in [0, 0.05) is 23.9 Å². The molecular formula is C19H17NO4. The van der Waals surface area contributed by atoms with Crippen molar-refractivity contribution in [3.63, 3.8) is 0 Å². The Bertz CT molecular complexity index is 928. The first-order chi connectivity index (χ1) is 11.5. The molecule has 3 aromatic carbocycles. The number of nitrogens with one attached hydrogen (secondary N) is 1. The summed E-state index contributed by atoms with van der Waals surface area (Å²) in [7, 11) is 3.10. The quantitative estimate of drug-likeness (QED) is 0.731. The highest BCUT2D eigenvalue weighted by Gasteiger charge is 2.22. The van der Waals surface area contributed by atoms with Gasteiger partial charge in [0.25, 0.3) is 5.43 Å². The van der Waals surface area contributed by atoms with E-state index in [4.69, 9.17) is 9.47 Å². The SMILES string of the molecule is COc1cc(Nc2c(-c3ccc(C)cc3)c(=O)c2=O)cc(OC)c1. The van der Waals surface area contributed by atoms with E-state index >= 15 is 0 Å². The molecule has 0 heterocycles. The summed E-state index contributed by atoms with van der Waals surface area (Å²) in [5, 5.41) is 3.02. The second-order valence-corrected chi connectivity index (χ2v) is 5.50. The maximum absolute atomic E-state index is 12.0. The van der Waals surface area contributed by atoms with Crippen molar-refractivity contribution in [1.82, 2.24) is 0 Å². The molecule has 0 radical (unpaired) electrons. The summed E-state index contributed by atoms with van der Waals surface area (Å²) in [4.78, 5) is 24.0. The molecule has 122 valence electrons. The third-order valence-corrected chi connectivity index (χ3v) is 3.87. The van der Waals surface area contributed by atoms with Crippen LogP contribution in [0.5, 0.6) is 11.5 Å². The van der Waals surface area contributed by atoms with Crippen LogP contribution in [0.25, 0.3) is 11.1 Å². The van der Waals surface area contributed by atoms with Crippen LogP contribution in [0.3, 0.4) is 0 Å². The van der Waals surface area contributed by atoms with Gasteiger partial charge in [0.2, 0.25) is 5.43 Å². The zero-order valence-corrected chi connectivity index (χ0v) is 13.7. The number of hydrogen-bond acceptors (Lipinski definition) is 5. The Hall–Kier alpha value is -3.08. The minimum absolute atomic E-state index is 0.291. The first kappa shape index (κ1) is 15.8. The van der Waals surface area contributed by atoms with Gasteiger partial charge in [-0.05, 0) is 12.5 Å². The van der Waals surface area contributed by atoms with Gasteiger partial charge in [0.15, 0.2) is 0 Å². The molecule has 0 aliphatic rings.